The van der Waals surface area contributed by atoms with E-state index in [1.807, 2.05) is 0 Å². The van der Waals surface area contributed by atoms with Crippen molar-refractivity contribution in [3.8, 4) is 11.5 Å². The average molecular weight is 392 g/mol. The molecular weight excluding hydrogens is 372 g/mol. The number of carbonyl (C=O) groups excluding carboxylic acids is 1. The summed E-state index contributed by atoms with van der Waals surface area (Å²) in [6.45, 7) is 5.08. The third kappa shape index (κ3) is 3.67. The minimum absolute atomic E-state index is 0. The number of carbonyl (C=O) groups is 1. The zero-order chi connectivity index (χ0) is 14.8. The van der Waals surface area contributed by atoms with Gasteiger partial charge in [-0.05, 0) is 53.5 Å². The van der Waals surface area contributed by atoms with Crippen molar-refractivity contribution in [2.45, 2.75) is 19.4 Å². The van der Waals surface area contributed by atoms with E-state index in [1.165, 1.54) is 0 Å². The van der Waals surface area contributed by atoms with E-state index >= 15 is 0 Å². The quantitative estimate of drug-likeness (QED) is 0.812. The van der Waals surface area contributed by atoms with Gasteiger partial charge in [-0.1, -0.05) is 6.92 Å². The first kappa shape index (κ1) is 17.4. The fourth-order valence-corrected chi connectivity index (χ4v) is 3.28. The molecule has 1 amide bonds. The number of nitrogens with one attached hydrogen (secondary N) is 2. The van der Waals surface area contributed by atoms with Crippen molar-refractivity contribution in [1.82, 2.24) is 10.6 Å². The highest BCUT2D eigenvalue weighted by Gasteiger charge is 2.24. The summed E-state index contributed by atoms with van der Waals surface area (Å²) < 4.78 is 11.9. The van der Waals surface area contributed by atoms with Gasteiger partial charge in [0.2, 0.25) is 0 Å². The van der Waals surface area contributed by atoms with E-state index in [-0.39, 0.29) is 24.4 Å². The molecule has 1 aromatic carbocycles. The molecule has 0 aromatic heterocycles. The summed E-state index contributed by atoms with van der Waals surface area (Å²) in [6.07, 6.45) is 0.957. The lowest BCUT2D eigenvalue weighted by Crippen LogP contribution is -2.48. The Balaban J connectivity index is 0.00000176. The number of halogens is 2. The molecule has 1 fully saturated rings. The smallest absolute Gasteiger partial charge is 0.251 e. The van der Waals surface area contributed by atoms with Crippen LogP contribution in [0, 0.1) is 5.92 Å². The molecule has 1 saturated heterocycles. The predicted molar refractivity (Wildman–Crippen MR) is 90.3 cm³/mol. The van der Waals surface area contributed by atoms with Gasteiger partial charge in [-0.3, -0.25) is 4.79 Å². The molecule has 122 valence electrons. The Morgan fingerprint density at radius 1 is 1.36 bits per heavy atom. The van der Waals surface area contributed by atoms with Crippen LogP contribution < -0.4 is 20.1 Å². The van der Waals surface area contributed by atoms with Gasteiger partial charge in [0, 0.05) is 11.6 Å². The lowest BCUT2D eigenvalue weighted by atomic mass is 9.95. The Morgan fingerprint density at radius 2 is 2.14 bits per heavy atom. The molecule has 0 bridgehead atoms. The molecule has 3 rings (SSSR count). The molecule has 5 nitrogen and oxygen atoms in total. The highest BCUT2D eigenvalue weighted by atomic mass is 79.9. The van der Waals surface area contributed by atoms with Gasteiger partial charge in [-0.15, -0.1) is 12.4 Å². The fraction of sp³-hybridized carbons (Fsp3) is 0.533. The number of amides is 1. The number of piperidine rings is 1. The summed E-state index contributed by atoms with van der Waals surface area (Å²) in [6, 6.07) is 3.75. The van der Waals surface area contributed by atoms with Crippen LogP contribution in [-0.4, -0.2) is 38.3 Å². The van der Waals surface area contributed by atoms with E-state index in [0.717, 1.165) is 24.0 Å². The molecule has 7 heteroatoms. The van der Waals surface area contributed by atoms with Gasteiger partial charge in [-0.2, -0.15) is 0 Å². The van der Waals surface area contributed by atoms with E-state index in [1.54, 1.807) is 12.1 Å². The summed E-state index contributed by atoms with van der Waals surface area (Å²) >= 11 is 3.44. The van der Waals surface area contributed by atoms with Crippen molar-refractivity contribution in [3.05, 3.63) is 22.2 Å². The van der Waals surface area contributed by atoms with Crippen LogP contribution in [0.15, 0.2) is 16.6 Å². The first-order valence-corrected chi connectivity index (χ1v) is 8.05. The van der Waals surface area contributed by atoms with Gasteiger partial charge in [0.05, 0.1) is 4.47 Å². The van der Waals surface area contributed by atoms with Crippen molar-refractivity contribution in [1.29, 1.82) is 0 Å². The Bertz CT molecular complexity index is 556. The summed E-state index contributed by atoms with van der Waals surface area (Å²) in [5.74, 6) is 1.67. The van der Waals surface area contributed by atoms with E-state index in [0.29, 0.717) is 36.2 Å². The minimum atomic E-state index is -0.0635. The van der Waals surface area contributed by atoms with Gasteiger partial charge in [0.15, 0.2) is 11.5 Å². The van der Waals surface area contributed by atoms with Crippen LogP contribution in [0.2, 0.25) is 0 Å². The SMILES string of the molecule is CC1CNCCC1NC(=O)c1cc(Br)c2c(c1)OCCO2.Cl. The number of hydrogen-bond donors (Lipinski definition) is 2. The summed E-state index contributed by atoms with van der Waals surface area (Å²) in [4.78, 5) is 12.4. The predicted octanol–water partition coefficient (Wildman–Crippen LogP) is 2.37. The average Bonchev–Trinajstić information content (AvgIpc) is 2.49. The number of ether oxygens (including phenoxy) is 2. The number of hydrogen-bond acceptors (Lipinski definition) is 4. The molecule has 2 unspecified atom stereocenters. The second-order valence-corrected chi connectivity index (χ2v) is 6.39. The minimum Gasteiger partial charge on any atom is -0.486 e. The normalized spacial score (nSPS) is 23.4. The van der Waals surface area contributed by atoms with Crippen LogP contribution in [0.1, 0.15) is 23.7 Å². The van der Waals surface area contributed by atoms with Crippen LogP contribution in [0.4, 0.5) is 0 Å². The van der Waals surface area contributed by atoms with Gasteiger partial charge in [-0.25, -0.2) is 0 Å². The van der Waals surface area contributed by atoms with Crippen LogP contribution in [0.3, 0.4) is 0 Å². The fourth-order valence-electron chi connectivity index (χ4n) is 2.72. The molecule has 0 aliphatic carbocycles. The second-order valence-electron chi connectivity index (χ2n) is 5.53. The van der Waals surface area contributed by atoms with Crippen molar-refractivity contribution >= 4 is 34.2 Å². The van der Waals surface area contributed by atoms with E-state index in [2.05, 4.69) is 33.5 Å². The van der Waals surface area contributed by atoms with E-state index in [9.17, 15) is 4.79 Å². The summed E-state index contributed by atoms with van der Waals surface area (Å²) in [7, 11) is 0. The molecule has 1 aromatic rings. The van der Waals surface area contributed by atoms with Crippen LogP contribution in [0.25, 0.3) is 0 Å². The number of benzene rings is 1. The van der Waals surface area contributed by atoms with E-state index in [4.69, 9.17) is 9.47 Å². The van der Waals surface area contributed by atoms with Gasteiger partial charge >= 0.3 is 0 Å². The molecule has 22 heavy (non-hydrogen) atoms. The van der Waals surface area contributed by atoms with Crippen LogP contribution in [-0.2, 0) is 0 Å². The topological polar surface area (TPSA) is 59.6 Å². The zero-order valence-corrected chi connectivity index (χ0v) is 14.8. The maximum atomic E-state index is 12.4. The molecule has 2 heterocycles. The summed E-state index contributed by atoms with van der Waals surface area (Å²) in [5, 5.41) is 6.46. The number of rotatable bonds is 2. The van der Waals surface area contributed by atoms with Crippen molar-refractivity contribution in [3.63, 3.8) is 0 Å². The Labute approximate surface area is 144 Å². The van der Waals surface area contributed by atoms with Crippen LogP contribution in [0.5, 0.6) is 11.5 Å². The Hall–Kier alpha value is -0.980. The van der Waals surface area contributed by atoms with Crippen molar-refractivity contribution < 1.29 is 14.3 Å². The maximum absolute atomic E-state index is 12.4. The molecule has 2 N–H and O–H groups in total. The highest BCUT2D eigenvalue weighted by molar-refractivity contribution is 9.10. The standard InChI is InChI=1S/C15H19BrN2O3.ClH/c1-9-8-17-3-2-12(9)18-15(19)10-6-11(16)14-13(7-10)20-4-5-21-14;/h6-7,9,12,17H,2-5,8H2,1H3,(H,18,19);1H. The third-order valence-corrected chi connectivity index (χ3v) is 4.55. The monoisotopic (exact) mass is 390 g/mol. The highest BCUT2D eigenvalue weighted by Crippen LogP contribution is 2.38. The van der Waals surface area contributed by atoms with Crippen LogP contribution >= 0.6 is 28.3 Å². The maximum Gasteiger partial charge on any atom is 0.251 e. The lowest BCUT2D eigenvalue weighted by molar-refractivity contribution is 0.0913. The van der Waals surface area contributed by atoms with Gasteiger partial charge in [0.25, 0.3) is 5.91 Å². The molecule has 0 radical (unpaired) electrons. The molecule has 2 aliphatic heterocycles. The Morgan fingerprint density at radius 3 is 2.91 bits per heavy atom. The largest absolute Gasteiger partial charge is 0.486 e. The number of fused-ring (bicyclic) bond motifs is 1. The van der Waals surface area contributed by atoms with Gasteiger partial charge in [0.1, 0.15) is 13.2 Å². The van der Waals surface area contributed by atoms with Crippen molar-refractivity contribution in [2.24, 2.45) is 5.92 Å². The lowest BCUT2D eigenvalue weighted by Gasteiger charge is -2.30. The Kier molecular flexibility index (Phi) is 5.94. The first-order chi connectivity index (χ1) is 10.1. The van der Waals surface area contributed by atoms with E-state index < -0.39 is 0 Å². The zero-order valence-electron chi connectivity index (χ0n) is 12.4. The first-order valence-electron chi connectivity index (χ1n) is 7.26. The van der Waals surface area contributed by atoms with Gasteiger partial charge < -0.3 is 20.1 Å². The molecule has 2 atom stereocenters. The second kappa shape index (κ2) is 7.53. The molecular formula is C15H20BrClN2O3. The molecule has 2 aliphatic rings. The third-order valence-electron chi connectivity index (χ3n) is 3.96. The summed E-state index contributed by atoms with van der Waals surface area (Å²) in [5.41, 5.74) is 0.594. The molecule has 0 spiro atoms. The molecule has 0 saturated carbocycles. The van der Waals surface area contributed by atoms with Crippen molar-refractivity contribution in [2.75, 3.05) is 26.3 Å².